The van der Waals surface area contributed by atoms with Gasteiger partial charge in [-0.25, -0.2) is 0 Å². The number of carbonyl (C=O) groups excluding carboxylic acids is 2. The first-order valence-electron chi connectivity index (χ1n) is 9.78. The highest BCUT2D eigenvalue weighted by molar-refractivity contribution is 6.31. The highest BCUT2D eigenvalue weighted by Gasteiger charge is 2.22. The lowest BCUT2D eigenvalue weighted by Crippen LogP contribution is -2.31. The predicted molar refractivity (Wildman–Crippen MR) is 121 cm³/mol. The molecule has 0 unspecified atom stereocenters. The number of hydrogen-bond acceptors (Lipinski definition) is 3. The number of halogens is 2. The molecule has 7 heteroatoms. The first kappa shape index (κ1) is 21.5. The van der Waals surface area contributed by atoms with Crippen LogP contribution in [0.15, 0.2) is 36.4 Å². The summed E-state index contributed by atoms with van der Waals surface area (Å²) in [5.74, 6) is -0.0985. The Balaban J connectivity index is 0.00000240. The minimum atomic E-state index is -0.193. The maximum Gasteiger partial charge on any atom is 0.257 e. The summed E-state index contributed by atoms with van der Waals surface area (Å²) in [6.45, 7) is 0. The van der Waals surface area contributed by atoms with Gasteiger partial charge in [-0.2, -0.15) is 0 Å². The van der Waals surface area contributed by atoms with Gasteiger partial charge in [-0.1, -0.05) is 30.5 Å². The molecule has 2 aliphatic rings. The molecule has 0 bridgehead atoms. The second-order valence-corrected chi connectivity index (χ2v) is 8.00. The van der Waals surface area contributed by atoms with Crippen molar-refractivity contribution in [2.24, 2.45) is 0 Å². The van der Waals surface area contributed by atoms with Gasteiger partial charge in [-0.3, -0.25) is 9.59 Å². The molecule has 29 heavy (non-hydrogen) atoms. The molecule has 1 heterocycles. The summed E-state index contributed by atoms with van der Waals surface area (Å²) >= 11 is 6.17. The highest BCUT2D eigenvalue weighted by atomic mass is 35.5. The van der Waals surface area contributed by atoms with Crippen molar-refractivity contribution in [1.82, 2.24) is 0 Å². The van der Waals surface area contributed by atoms with Crippen LogP contribution in [0.2, 0.25) is 5.02 Å². The van der Waals surface area contributed by atoms with E-state index in [1.54, 1.807) is 24.1 Å². The summed E-state index contributed by atoms with van der Waals surface area (Å²) < 4.78 is 0. The quantitative estimate of drug-likeness (QED) is 0.689. The van der Waals surface area contributed by atoms with E-state index in [4.69, 9.17) is 11.6 Å². The molecule has 0 aromatic heterocycles. The average molecular weight is 434 g/mol. The van der Waals surface area contributed by atoms with Crippen LogP contribution in [0.4, 0.5) is 17.1 Å². The van der Waals surface area contributed by atoms with Crippen LogP contribution in [-0.4, -0.2) is 24.9 Å². The molecule has 1 saturated carbocycles. The lowest BCUT2D eigenvalue weighted by molar-refractivity contribution is -0.118. The number of carbonyl (C=O) groups is 2. The second kappa shape index (κ2) is 9.06. The van der Waals surface area contributed by atoms with Crippen molar-refractivity contribution >= 4 is 52.9 Å². The number of rotatable bonds is 4. The van der Waals surface area contributed by atoms with Gasteiger partial charge in [0.25, 0.3) is 5.91 Å². The van der Waals surface area contributed by atoms with E-state index in [1.807, 2.05) is 24.3 Å². The summed E-state index contributed by atoms with van der Waals surface area (Å²) in [4.78, 5) is 26.6. The predicted octanol–water partition coefficient (Wildman–Crippen LogP) is 5.28. The van der Waals surface area contributed by atoms with Crippen LogP contribution >= 0.6 is 24.0 Å². The maximum absolute atomic E-state index is 13.0. The molecular weight excluding hydrogens is 409 g/mol. The van der Waals surface area contributed by atoms with Gasteiger partial charge in [0.15, 0.2) is 0 Å². The summed E-state index contributed by atoms with van der Waals surface area (Å²) in [5, 5.41) is 7.05. The molecule has 154 valence electrons. The van der Waals surface area contributed by atoms with Crippen molar-refractivity contribution in [2.45, 2.75) is 44.6 Å². The normalized spacial score (nSPS) is 16.2. The van der Waals surface area contributed by atoms with Crippen LogP contribution in [0, 0.1) is 0 Å². The molecule has 2 aromatic rings. The minimum Gasteiger partial charge on any atom is -0.382 e. The minimum absolute atomic E-state index is 0. The zero-order chi connectivity index (χ0) is 19.7. The van der Waals surface area contributed by atoms with E-state index in [2.05, 4.69) is 10.6 Å². The molecule has 1 aliphatic heterocycles. The number of fused-ring (bicyclic) bond motifs is 1. The molecule has 1 aliphatic carbocycles. The fraction of sp³-hybridized carbons (Fsp3) is 0.364. The molecule has 0 atom stereocenters. The monoisotopic (exact) mass is 433 g/mol. The smallest absolute Gasteiger partial charge is 0.257 e. The van der Waals surface area contributed by atoms with Crippen molar-refractivity contribution in [3.63, 3.8) is 0 Å². The number of anilines is 3. The van der Waals surface area contributed by atoms with Gasteiger partial charge < -0.3 is 15.5 Å². The number of aryl methyl sites for hydroxylation is 1. The van der Waals surface area contributed by atoms with E-state index in [-0.39, 0.29) is 24.2 Å². The fourth-order valence-electron chi connectivity index (χ4n) is 4.03. The number of benzene rings is 2. The van der Waals surface area contributed by atoms with Gasteiger partial charge in [-0.15, -0.1) is 12.4 Å². The van der Waals surface area contributed by atoms with Gasteiger partial charge in [0.05, 0.1) is 5.56 Å². The lowest BCUT2D eigenvalue weighted by Gasteiger charge is -2.26. The van der Waals surface area contributed by atoms with Crippen LogP contribution < -0.4 is 15.5 Å². The maximum atomic E-state index is 13.0. The van der Waals surface area contributed by atoms with Gasteiger partial charge in [0.2, 0.25) is 5.91 Å². The molecule has 2 N–H and O–H groups in total. The Hall–Kier alpha value is -2.24. The number of nitrogens with one attached hydrogen (secondary N) is 2. The fourth-order valence-corrected chi connectivity index (χ4v) is 4.20. The number of amides is 2. The van der Waals surface area contributed by atoms with E-state index in [9.17, 15) is 9.59 Å². The van der Waals surface area contributed by atoms with Gasteiger partial charge in [0.1, 0.15) is 0 Å². The zero-order valence-corrected chi connectivity index (χ0v) is 17.9. The molecule has 1 fully saturated rings. The summed E-state index contributed by atoms with van der Waals surface area (Å²) in [7, 11) is 1.77. The van der Waals surface area contributed by atoms with Crippen molar-refractivity contribution in [3.8, 4) is 0 Å². The molecular formula is C22H25Cl2N3O2. The Kier molecular flexibility index (Phi) is 6.70. The van der Waals surface area contributed by atoms with Crippen LogP contribution in [0.3, 0.4) is 0 Å². The first-order valence-corrected chi connectivity index (χ1v) is 10.2. The van der Waals surface area contributed by atoms with E-state index < -0.39 is 0 Å². The van der Waals surface area contributed by atoms with E-state index in [0.29, 0.717) is 28.7 Å². The molecule has 0 radical (unpaired) electrons. The van der Waals surface area contributed by atoms with Crippen LogP contribution in [0.5, 0.6) is 0 Å². The highest BCUT2D eigenvalue weighted by Crippen LogP contribution is 2.31. The Labute approximate surface area is 182 Å². The Morgan fingerprint density at radius 3 is 2.62 bits per heavy atom. The third-order valence-electron chi connectivity index (χ3n) is 5.63. The first-order chi connectivity index (χ1) is 13.5. The lowest BCUT2D eigenvalue weighted by atomic mass is 10.0. The Bertz CT molecular complexity index is 926. The van der Waals surface area contributed by atoms with E-state index in [0.717, 1.165) is 36.2 Å². The second-order valence-electron chi connectivity index (χ2n) is 7.57. The van der Waals surface area contributed by atoms with Crippen molar-refractivity contribution < 1.29 is 9.59 Å². The number of nitrogens with zero attached hydrogens (tertiary/aromatic N) is 1. The summed E-state index contributed by atoms with van der Waals surface area (Å²) in [5.41, 5.74) is 3.98. The molecule has 2 amide bonds. The van der Waals surface area contributed by atoms with Crippen molar-refractivity contribution in [2.75, 3.05) is 22.6 Å². The molecule has 0 spiro atoms. The van der Waals surface area contributed by atoms with Crippen molar-refractivity contribution in [3.05, 3.63) is 52.5 Å². The topological polar surface area (TPSA) is 61.4 Å². The summed E-state index contributed by atoms with van der Waals surface area (Å²) in [6, 6.07) is 11.4. The van der Waals surface area contributed by atoms with Gasteiger partial charge in [-0.05, 0) is 55.2 Å². The molecule has 0 saturated heterocycles. The Morgan fingerprint density at radius 2 is 1.86 bits per heavy atom. The van der Waals surface area contributed by atoms with E-state index in [1.165, 1.54) is 12.8 Å². The third-order valence-corrected chi connectivity index (χ3v) is 5.86. The Morgan fingerprint density at radius 1 is 1.10 bits per heavy atom. The SMILES string of the molecule is CN1C(=O)CCc2ccc(NC(=O)c3ccc(Cl)cc3NC3CCCC3)cc21.Cl. The molecule has 4 rings (SSSR count). The number of hydrogen-bond donors (Lipinski definition) is 2. The van der Waals surface area contributed by atoms with Gasteiger partial charge >= 0.3 is 0 Å². The third kappa shape index (κ3) is 4.68. The standard InChI is InChI=1S/C22H24ClN3O2.ClH/c1-26-20-13-17(9-6-14(20)7-11-21(26)27)25-22(28)18-10-8-15(23)12-19(18)24-16-4-2-3-5-16;/h6,8-10,12-13,16,24H,2-5,7,11H2,1H3,(H,25,28);1H. The van der Waals surface area contributed by atoms with Crippen molar-refractivity contribution in [1.29, 1.82) is 0 Å². The molecule has 2 aromatic carbocycles. The van der Waals surface area contributed by atoms with Gasteiger partial charge in [0, 0.05) is 41.6 Å². The van der Waals surface area contributed by atoms with Crippen LogP contribution in [-0.2, 0) is 11.2 Å². The molecule has 5 nitrogen and oxygen atoms in total. The summed E-state index contributed by atoms with van der Waals surface area (Å²) in [6.07, 6.45) is 5.90. The van der Waals surface area contributed by atoms with Crippen LogP contribution in [0.25, 0.3) is 0 Å². The average Bonchev–Trinajstić information content (AvgIpc) is 3.18. The zero-order valence-electron chi connectivity index (χ0n) is 16.3. The largest absolute Gasteiger partial charge is 0.382 e. The van der Waals surface area contributed by atoms with E-state index >= 15 is 0 Å². The van der Waals surface area contributed by atoms with Crippen LogP contribution in [0.1, 0.15) is 48.0 Å².